The minimum Gasteiger partial charge on any atom is -0.198 e. The van der Waals surface area contributed by atoms with Gasteiger partial charge in [-0.15, -0.1) is 0 Å². The Hall–Kier alpha value is -1.37. The van der Waals surface area contributed by atoms with Crippen molar-refractivity contribution in [3.63, 3.8) is 0 Å². The van der Waals surface area contributed by atoms with Gasteiger partial charge in [-0.1, -0.05) is 32.4 Å². The largest absolute Gasteiger partial charge is 0.212 e. The SMILES string of the molecule is CC(C)CCCc1ccc2ccccc2[n+]1C. The topological polar surface area (TPSA) is 3.88 Å². The molecule has 0 amide bonds. The van der Waals surface area contributed by atoms with E-state index >= 15 is 0 Å². The van der Waals surface area contributed by atoms with Gasteiger partial charge in [0.15, 0.2) is 5.69 Å². The number of aryl methyl sites for hydroxylation is 2. The molecule has 0 N–H and O–H groups in total. The summed E-state index contributed by atoms with van der Waals surface area (Å²) in [6, 6.07) is 13.1. The van der Waals surface area contributed by atoms with Gasteiger partial charge in [-0.2, -0.15) is 4.57 Å². The molecule has 0 saturated carbocycles. The van der Waals surface area contributed by atoms with Gasteiger partial charge >= 0.3 is 0 Å². The normalized spacial score (nSPS) is 11.3. The molecule has 1 nitrogen and oxygen atoms in total. The molecule has 1 aromatic carbocycles. The van der Waals surface area contributed by atoms with Gasteiger partial charge in [-0.3, -0.25) is 0 Å². The van der Waals surface area contributed by atoms with Crippen LogP contribution in [-0.4, -0.2) is 0 Å². The molecular formula is C16H22N+. The minimum atomic E-state index is 0.806. The number of nitrogens with zero attached hydrogens (tertiary/aromatic N) is 1. The lowest BCUT2D eigenvalue weighted by Gasteiger charge is -2.05. The fourth-order valence-electron chi connectivity index (χ4n) is 2.33. The maximum Gasteiger partial charge on any atom is 0.212 e. The van der Waals surface area contributed by atoms with E-state index < -0.39 is 0 Å². The number of pyridine rings is 1. The number of hydrogen-bond donors (Lipinski definition) is 0. The Morgan fingerprint density at radius 1 is 1.06 bits per heavy atom. The predicted octanol–water partition coefficient (Wildman–Crippen LogP) is 3.64. The molecule has 0 unspecified atom stereocenters. The summed E-state index contributed by atoms with van der Waals surface area (Å²) in [6.07, 6.45) is 3.77. The van der Waals surface area contributed by atoms with Crippen molar-refractivity contribution in [1.29, 1.82) is 0 Å². The van der Waals surface area contributed by atoms with Crippen molar-refractivity contribution < 1.29 is 4.57 Å². The lowest BCUT2D eigenvalue weighted by molar-refractivity contribution is -0.652. The van der Waals surface area contributed by atoms with Crippen LogP contribution in [0.15, 0.2) is 36.4 Å². The lowest BCUT2D eigenvalue weighted by Crippen LogP contribution is -2.34. The molecule has 1 heteroatoms. The Kier molecular flexibility index (Phi) is 3.78. The molecule has 0 atom stereocenters. The first-order valence-corrected chi connectivity index (χ1v) is 6.55. The van der Waals surface area contributed by atoms with Gasteiger partial charge in [0.1, 0.15) is 7.05 Å². The van der Waals surface area contributed by atoms with Gasteiger partial charge in [0.25, 0.3) is 0 Å². The van der Waals surface area contributed by atoms with E-state index in [0.29, 0.717) is 0 Å². The van der Waals surface area contributed by atoms with E-state index in [4.69, 9.17) is 0 Å². The van der Waals surface area contributed by atoms with Crippen LogP contribution < -0.4 is 4.57 Å². The zero-order chi connectivity index (χ0) is 12.3. The van der Waals surface area contributed by atoms with E-state index in [1.807, 2.05) is 0 Å². The zero-order valence-corrected chi connectivity index (χ0v) is 11.1. The molecule has 17 heavy (non-hydrogen) atoms. The highest BCUT2D eigenvalue weighted by Gasteiger charge is 2.10. The van der Waals surface area contributed by atoms with Crippen molar-refractivity contribution >= 4 is 10.9 Å². The number of hydrogen-bond acceptors (Lipinski definition) is 0. The van der Waals surface area contributed by atoms with Crippen molar-refractivity contribution in [1.82, 2.24) is 0 Å². The van der Waals surface area contributed by atoms with Gasteiger partial charge in [0, 0.05) is 23.9 Å². The molecule has 90 valence electrons. The molecule has 0 saturated heterocycles. The summed E-state index contributed by atoms with van der Waals surface area (Å²) >= 11 is 0. The molecule has 0 fully saturated rings. The van der Waals surface area contributed by atoms with Crippen molar-refractivity contribution in [2.75, 3.05) is 0 Å². The molecule has 0 aliphatic rings. The van der Waals surface area contributed by atoms with Crippen LogP contribution in [0, 0.1) is 5.92 Å². The minimum absolute atomic E-state index is 0.806. The standard InChI is InChI=1S/C16H22N/c1-13(2)7-6-9-15-12-11-14-8-4-5-10-16(14)17(15)3/h4-5,8,10-13H,6-7,9H2,1-3H3/q+1. The third kappa shape index (κ3) is 2.85. The summed E-state index contributed by atoms with van der Waals surface area (Å²) in [5, 5.41) is 1.32. The maximum atomic E-state index is 2.33. The molecule has 0 aliphatic heterocycles. The summed E-state index contributed by atoms with van der Waals surface area (Å²) in [6.45, 7) is 4.58. The second-order valence-corrected chi connectivity index (χ2v) is 5.23. The van der Waals surface area contributed by atoms with Crippen molar-refractivity contribution in [3.05, 3.63) is 42.1 Å². The molecule has 0 aliphatic carbocycles. The molecular weight excluding hydrogens is 206 g/mol. The summed E-state index contributed by atoms with van der Waals surface area (Å²) in [5.74, 6) is 0.806. The van der Waals surface area contributed by atoms with Crippen molar-refractivity contribution in [2.24, 2.45) is 13.0 Å². The average molecular weight is 228 g/mol. The maximum absolute atomic E-state index is 2.33. The number of aromatic nitrogens is 1. The highest BCUT2D eigenvalue weighted by molar-refractivity contribution is 5.75. The number of rotatable bonds is 4. The smallest absolute Gasteiger partial charge is 0.198 e. The molecule has 1 heterocycles. The van der Waals surface area contributed by atoms with E-state index in [1.54, 1.807) is 0 Å². The van der Waals surface area contributed by atoms with Crippen LogP contribution in [-0.2, 0) is 13.5 Å². The van der Waals surface area contributed by atoms with Crippen LogP contribution in [0.25, 0.3) is 10.9 Å². The molecule has 0 bridgehead atoms. The van der Waals surface area contributed by atoms with Gasteiger partial charge < -0.3 is 0 Å². The molecule has 1 aromatic heterocycles. The number of fused-ring (bicyclic) bond motifs is 1. The molecule has 0 spiro atoms. The van der Waals surface area contributed by atoms with Crippen LogP contribution in [0.5, 0.6) is 0 Å². The van der Waals surface area contributed by atoms with Crippen LogP contribution in [0.2, 0.25) is 0 Å². The highest BCUT2D eigenvalue weighted by atomic mass is 14.9. The van der Waals surface area contributed by atoms with Gasteiger partial charge in [-0.05, 0) is 24.5 Å². The van der Waals surface area contributed by atoms with Crippen molar-refractivity contribution in [3.8, 4) is 0 Å². The predicted molar refractivity (Wildman–Crippen MR) is 72.9 cm³/mol. The molecule has 2 rings (SSSR count). The number of para-hydroxylation sites is 1. The van der Waals surface area contributed by atoms with Crippen LogP contribution >= 0.6 is 0 Å². The summed E-state index contributed by atoms with van der Waals surface area (Å²) in [7, 11) is 2.17. The lowest BCUT2D eigenvalue weighted by atomic mass is 10.0. The van der Waals surface area contributed by atoms with Gasteiger partial charge in [0.2, 0.25) is 5.52 Å². The highest BCUT2D eigenvalue weighted by Crippen LogP contribution is 2.12. The summed E-state index contributed by atoms with van der Waals surface area (Å²) < 4.78 is 2.33. The average Bonchev–Trinajstić information content (AvgIpc) is 2.32. The fraction of sp³-hybridized carbons (Fsp3) is 0.438. The molecule has 0 radical (unpaired) electrons. The first kappa shape index (κ1) is 12.1. The first-order chi connectivity index (χ1) is 8.18. The van der Waals surface area contributed by atoms with E-state index in [2.05, 4.69) is 61.9 Å². The van der Waals surface area contributed by atoms with Crippen molar-refractivity contribution in [2.45, 2.75) is 33.1 Å². The summed E-state index contributed by atoms with van der Waals surface area (Å²) in [5.41, 5.74) is 2.76. The van der Waals surface area contributed by atoms with E-state index in [1.165, 1.54) is 35.9 Å². The van der Waals surface area contributed by atoms with Gasteiger partial charge in [-0.25, -0.2) is 0 Å². The second kappa shape index (κ2) is 5.31. The Morgan fingerprint density at radius 2 is 1.82 bits per heavy atom. The fourth-order valence-corrected chi connectivity index (χ4v) is 2.33. The Morgan fingerprint density at radius 3 is 2.59 bits per heavy atom. The quantitative estimate of drug-likeness (QED) is 0.703. The van der Waals surface area contributed by atoms with Crippen LogP contribution in [0.4, 0.5) is 0 Å². The summed E-state index contributed by atoms with van der Waals surface area (Å²) in [4.78, 5) is 0. The van der Waals surface area contributed by atoms with Crippen LogP contribution in [0.3, 0.4) is 0 Å². The van der Waals surface area contributed by atoms with Crippen LogP contribution in [0.1, 0.15) is 32.4 Å². The van der Waals surface area contributed by atoms with E-state index in [0.717, 1.165) is 5.92 Å². The second-order valence-electron chi connectivity index (χ2n) is 5.23. The Bertz CT molecular complexity index is 500. The monoisotopic (exact) mass is 228 g/mol. The number of benzene rings is 1. The Labute approximate surface area is 104 Å². The zero-order valence-electron chi connectivity index (χ0n) is 11.1. The third-order valence-electron chi connectivity index (χ3n) is 3.40. The molecule has 2 aromatic rings. The van der Waals surface area contributed by atoms with E-state index in [-0.39, 0.29) is 0 Å². The van der Waals surface area contributed by atoms with E-state index in [9.17, 15) is 0 Å². The third-order valence-corrected chi connectivity index (χ3v) is 3.40. The first-order valence-electron chi connectivity index (χ1n) is 6.55. The Balaban J connectivity index is 2.21. The van der Waals surface area contributed by atoms with Gasteiger partial charge in [0.05, 0.1) is 0 Å².